The number of anilines is 1. The van der Waals surface area contributed by atoms with Gasteiger partial charge in [0.2, 0.25) is 5.91 Å². The highest BCUT2D eigenvalue weighted by atomic mass is 16.2. The first-order valence-electron chi connectivity index (χ1n) is 6.05. The van der Waals surface area contributed by atoms with Gasteiger partial charge in [-0.05, 0) is 13.0 Å². The van der Waals surface area contributed by atoms with E-state index < -0.39 is 0 Å². The quantitative estimate of drug-likeness (QED) is 0.792. The molecule has 1 atom stereocenters. The first-order chi connectivity index (χ1) is 8.20. The molecule has 5 heteroatoms. The molecule has 0 aliphatic carbocycles. The van der Waals surface area contributed by atoms with Crippen molar-refractivity contribution in [1.82, 2.24) is 15.2 Å². The average molecular weight is 236 g/mol. The molecule has 1 aromatic rings. The van der Waals surface area contributed by atoms with Crippen molar-refractivity contribution in [2.45, 2.75) is 13.0 Å². The van der Waals surface area contributed by atoms with Gasteiger partial charge in [0, 0.05) is 45.6 Å². The van der Waals surface area contributed by atoms with Crippen LogP contribution in [0.15, 0.2) is 18.5 Å². The predicted octanol–water partition coefficient (Wildman–Crippen LogP) is 0.271. The van der Waals surface area contributed by atoms with Gasteiger partial charge < -0.3 is 15.2 Å². The zero-order valence-electron chi connectivity index (χ0n) is 10.4. The number of H-pyrrole nitrogens is 1. The number of rotatable bonds is 3. The third-order valence-corrected chi connectivity index (χ3v) is 3.36. The number of likely N-dealkylation sites (N-methyl/N-ethyl adjacent to an activating group) is 1. The molecule has 0 radical (unpaired) electrons. The number of nitrogens with zero attached hydrogens (tertiary/aromatic N) is 2. The SMILES string of the molecule is CC(C(=O)N(C)c1cc[nH]c1)N1CCNCC1. The maximum atomic E-state index is 12.3. The van der Waals surface area contributed by atoms with E-state index in [0.29, 0.717) is 0 Å². The van der Waals surface area contributed by atoms with Gasteiger partial charge in [0.25, 0.3) is 0 Å². The van der Waals surface area contributed by atoms with E-state index in [0.717, 1.165) is 31.9 Å². The van der Waals surface area contributed by atoms with Gasteiger partial charge >= 0.3 is 0 Å². The number of aromatic nitrogens is 1. The van der Waals surface area contributed by atoms with E-state index in [2.05, 4.69) is 15.2 Å². The van der Waals surface area contributed by atoms with Gasteiger partial charge in [-0.25, -0.2) is 0 Å². The van der Waals surface area contributed by atoms with Crippen LogP contribution in [0.5, 0.6) is 0 Å². The standard InChI is InChI=1S/C12H20N4O/c1-10(16-7-5-13-6-8-16)12(17)15(2)11-3-4-14-9-11/h3-4,9-10,13-14H,5-8H2,1-2H3. The lowest BCUT2D eigenvalue weighted by atomic mass is 10.2. The molecule has 17 heavy (non-hydrogen) atoms. The average Bonchev–Trinajstić information content (AvgIpc) is 2.91. The Morgan fingerprint density at radius 2 is 2.18 bits per heavy atom. The maximum absolute atomic E-state index is 12.3. The molecule has 1 aliphatic heterocycles. The number of amides is 1. The summed E-state index contributed by atoms with van der Waals surface area (Å²) in [5.74, 6) is 0.145. The minimum absolute atomic E-state index is 0.0583. The van der Waals surface area contributed by atoms with Gasteiger partial charge in [-0.3, -0.25) is 9.69 Å². The molecule has 2 N–H and O–H groups in total. The molecule has 1 unspecified atom stereocenters. The Bertz CT molecular complexity index is 357. The van der Waals surface area contributed by atoms with Crippen LogP contribution in [0.3, 0.4) is 0 Å². The molecule has 2 rings (SSSR count). The summed E-state index contributed by atoms with van der Waals surface area (Å²) >= 11 is 0. The van der Waals surface area contributed by atoms with E-state index in [1.54, 1.807) is 4.90 Å². The van der Waals surface area contributed by atoms with Crippen LogP contribution >= 0.6 is 0 Å². The Morgan fingerprint density at radius 3 is 2.76 bits per heavy atom. The lowest BCUT2D eigenvalue weighted by Gasteiger charge is -2.33. The number of hydrogen-bond donors (Lipinski definition) is 2. The number of carbonyl (C=O) groups excluding carboxylic acids is 1. The van der Waals surface area contributed by atoms with Crippen molar-refractivity contribution in [3.8, 4) is 0 Å². The molecule has 0 bridgehead atoms. The van der Waals surface area contributed by atoms with Crippen molar-refractivity contribution < 1.29 is 4.79 Å². The molecule has 1 saturated heterocycles. The molecule has 94 valence electrons. The van der Waals surface area contributed by atoms with Gasteiger partial charge in [-0.2, -0.15) is 0 Å². The van der Waals surface area contributed by atoms with Crippen LogP contribution in [0.2, 0.25) is 0 Å². The van der Waals surface area contributed by atoms with E-state index >= 15 is 0 Å². The van der Waals surface area contributed by atoms with Crippen LogP contribution < -0.4 is 10.2 Å². The molecule has 2 heterocycles. The van der Waals surface area contributed by atoms with Gasteiger partial charge in [0.1, 0.15) is 0 Å². The van der Waals surface area contributed by atoms with Crippen molar-refractivity contribution in [2.24, 2.45) is 0 Å². The molecule has 0 aromatic carbocycles. The predicted molar refractivity (Wildman–Crippen MR) is 68.1 cm³/mol. The third-order valence-electron chi connectivity index (χ3n) is 3.36. The van der Waals surface area contributed by atoms with Crippen molar-refractivity contribution in [2.75, 3.05) is 38.1 Å². The minimum Gasteiger partial charge on any atom is -0.366 e. The third kappa shape index (κ3) is 2.68. The largest absolute Gasteiger partial charge is 0.366 e. The lowest BCUT2D eigenvalue weighted by molar-refractivity contribution is -0.123. The molecule has 0 saturated carbocycles. The Morgan fingerprint density at radius 1 is 1.47 bits per heavy atom. The fraction of sp³-hybridized carbons (Fsp3) is 0.583. The van der Waals surface area contributed by atoms with Crippen LogP contribution in [0.1, 0.15) is 6.92 Å². The molecule has 1 amide bonds. The van der Waals surface area contributed by atoms with E-state index in [9.17, 15) is 4.79 Å². The Kier molecular flexibility index (Phi) is 3.81. The summed E-state index contributed by atoms with van der Waals surface area (Å²) in [6.45, 7) is 5.79. The molecule has 0 spiro atoms. The van der Waals surface area contributed by atoms with Crippen molar-refractivity contribution in [3.05, 3.63) is 18.5 Å². The monoisotopic (exact) mass is 236 g/mol. The minimum atomic E-state index is -0.0583. The van der Waals surface area contributed by atoms with Crippen LogP contribution in [0, 0.1) is 0 Å². The fourth-order valence-electron chi connectivity index (χ4n) is 2.16. The van der Waals surface area contributed by atoms with Gasteiger partial charge in [0.15, 0.2) is 0 Å². The second-order valence-electron chi connectivity index (χ2n) is 4.43. The molecule has 1 fully saturated rings. The normalized spacial score (nSPS) is 18.9. The Hall–Kier alpha value is -1.33. The second kappa shape index (κ2) is 5.33. The maximum Gasteiger partial charge on any atom is 0.243 e. The van der Waals surface area contributed by atoms with Crippen LogP contribution in [0.25, 0.3) is 0 Å². The number of piperazine rings is 1. The van der Waals surface area contributed by atoms with E-state index in [-0.39, 0.29) is 11.9 Å². The summed E-state index contributed by atoms with van der Waals surface area (Å²) in [4.78, 5) is 19.2. The summed E-state index contributed by atoms with van der Waals surface area (Å²) in [5.41, 5.74) is 0.914. The number of hydrogen-bond acceptors (Lipinski definition) is 3. The smallest absolute Gasteiger partial charge is 0.243 e. The second-order valence-corrected chi connectivity index (χ2v) is 4.43. The molecule has 5 nitrogen and oxygen atoms in total. The summed E-state index contributed by atoms with van der Waals surface area (Å²) in [5, 5.41) is 3.29. The summed E-state index contributed by atoms with van der Waals surface area (Å²) < 4.78 is 0. The van der Waals surface area contributed by atoms with Crippen molar-refractivity contribution in [1.29, 1.82) is 0 Å². The first-order valence-corrected chi connectivity index (χ1v) is 6.05. The molecular formula is C12H20N4O. The summed E-state index contributed by atoms with van der Waals surface area (Å²) in [7, 11) is 1.82. The molecular weight excluding hydrogens is 216 g/mol. The van der Waals surface area contributed by atoms with E-state index in [4.69, 9.17) is 0 Å². The van der Waals surface area contributed by atoms with Gasteiger partial charge in [0.05, 0.1) is 11.7 Å². The highest BCUT2D eigenvalue weighted by Crippen LogP contribution is 2.13. The zero-order valence-corrected chi connectivity index (χ0v) is 10.4. The van der Waals surface area contributed by atoms with Crippen LogP contribution in [-0.2, 0) is 4.79 Å². The fourth-order valence-corrected chi connectivity index (χ4v) is 2.16. The van der Waals surface area contributed by atoms with Gasteiger partial charge in [-0.15, -0.1) is 0 Å². The van der Waals surface area contributed by atoms with Crippen molar-refractivity contribution >= 4 is 11.6 Å². The first kappa shape index (κ1) is 12.1. The number of carbonyl (C=O) groups is 1. The van der Waals surface area contributed by atoms with E-state index in [1.165, 1.54) is 0 Å². The van der Waals surface area contributed by atoms with E-state index in [1.807, 2.05) is 32.4 Å². The van der Waals surface area contributed by atoms with Crippen molar-refractivity contribution in [3.63, 3.8) is 0 Å². The molecule has 1 aliphatic rings. The molecule has 1 aromatic heterocycles. The Balaban J connectivity index is 1.98. The number of aromatic amines is 1. The Labute approximate surface area is 102 Å². The summed E-state index contributed by atoms with van der Waals surface area (Å²) in [6, 6.07) is 1.85. The summed E-state index contributed by atoms with van der Waals surface area (Å²) in [6.07, 6.45) is 3.66. The van der Waals surface area contributed by atoms with Crippen LogP contribution in [-0.4, -0.2) is 55.1 Å². The highest BCUT2D eigenvalue weighted by molar-refractivity contribution is 5.96. The van der Waals surface area contributed by atoms with Gasteiger partial charge in [-0.1, -0.05) is 0 Å². The highest BCUT2D eigenvalue weighted by Gasteiger charge is 2.25. The zero-order chi connectivity index (χ0) is 12.3. The number of nitrogens with one attached hydrogen (secondary N) is 2. The topological polar surface area (TPSA) is 51.4 Å². The van der Waals surface area contributed by atoms with Crippen LogP contribution in [0.4, 0.5) is 5.69 Å². The lowest BCUT2D eigenvalue weighted by Crippen LogP contribution is -2.53.